The maximum absolute atomic E-state index is 13.8. The summed E-state index contributed by atoms with van der Waals surface area (Å²) < 4.78 is 5.49. The van der Waals surface area contributed by atoms with Crippen molar-refractivity contribution in [3.63, 3.8) is 0 Å². The second-order valence-electron chi connectivity index (χ2n) is 12.6. The van der Waals surface area contributed by atoms with Crippen molar-refractivity contribution in [1.29, 1.82) is 0 Å². The van der Waals surface area contributed by atoms with Crippen LogP contribution in [-0.4, -0.2) is 35.5 Å². The van der Waals surface area contributed by atoms with Crippen LogP contribution in [0.25, 0.3) is 21.5 Å². The monoisotopic (exact) mass is 665 g/mol. The molecule has 0 atom stereocenters. The van der Waals surface area contributed by atoms with Crippen molar-refractivity contribution in [3.8, 4) is 11.5 Å². The number of methoxy groups -OCH3 is 1. The molecule has 0 unspecified atom stereocenters. The Bertz CT molecular complexity index is 2290. The SMILES string of the molecule is COc1ccc(C(=O)Nc2ccccc2)cc1N=Nc1c(O)c(C(=O)Nc2cccc3ccccc23)cc2cc(C(=O)NC(C)(C)C)ccc12. The maximum Gasteiger partial charge on any atom is 0.259 e. The summed E-state index contributed by atoms with van der Waals surface area (Å²) in [4.78, 5) is 40.0. The Labute approximate surface area is 288 Å². The van der Waals surface area contributed by atoms with Crippen molar-refractivity contribution in [2.75, 3.05) is 17.7 Å². The first-order chi connectivity index (χ1) is 24.0. The third-order valence-corrected chi connectivity index (χ3v) is 7.85. The van der Waals surface area contributed by atoms with Crippen molar-refractivity contribution in [3.05, 3.63) is 132 Å². The molecule has 0 fully saturated rings. The molecule has 0 aromatic heterocycles. The van der Waals surface area contributed by atoms with Crippen LogP contribution >= 0.6 is 0 Å². The average molecular weight is 666 g/mol. The van der Waals surface area contributed by atoms with Crippen LogP contribution in [0.1, 0.15) is 51.8 Å². The van der Waals surface area contributed by atoms with E-state index in [0.29, 0.717) is 39.0 Å². The van der Waals surface area contributed by atoms with Gasteiger partial charge in [-0.3, -0.25) is 14.4 Å². The number of phenolic OH excluding ortho intramolecular Hbond substituents is 1. The number of phenols is 1. The largest absolute Gasteiger partial charge is 0.505 e. The topological polar surface area (TPSA) is 141 Å². The fraction of sp³-hybridized carbons (Fsp3) is 0.125. The Morgan fingerprint density at radius 2 is 1.36 bits per heavy atom. The number of hydrogen-bond acceptors (Lipinski definition) is 7. The fourth-order valence-corrected chi connectivity index (χ4v) is 5.47. The summed E-state index contributed by atoms with van der Waals surface area (Å²) in [5.74, 6) is -1.33. The molecule has 250 valence electrons. The Morgan fingerprint density at radius 3 is 2.12 bits per heavy atom. The van der Waals surface area contributed by atoms with Crippen LogP contribution in [-0.2, 0) is 0 Å². The minimum Gasteiger partial charge on any atom is -0.505 e. The molecule has 0 aliphatic heterocycles. The highest BCUT2D eigenvalue weighted by Gasteiger charge is 2.22. The molecule has 4 N–H and O–H groups in total. The molecule has 0 aliphatic carbocycles. The molecule has 0 bridgehead atoms. The van der Waals surface area contributed by atoms with Gasteiger partial charge in [0.2, 0.25) is 0 Å². The third kappa shape index (κ3) is 7.29. The number of anilines is 2. The van der Waals surface area contributed by atoms with Gasteiger partial charge in [0.05, 0.1) is 12.7 Å². The predicted molar refractivity (Wildman–Crippen MR) is 196 cm³/mol. The molecular formula is C40H35N5O5. The van der Waals surface area contributed by atoms with Crippen LogP contribution in [0, 0.1) is 0 Å². The average Bonchev–Trinajstić information content (AvgIpc) is 3.10. The number of nitrogens with zero attached hydrogens (tertiary/aromatic N) is 2. The van der Waals surface area contributed by atoms with E-state index in [1.807, 2.05) is 75.4 Å². The van der Waals surface area contributed by atoms with Gasteiger partial charge in [-0.25, -0.2) is 0 Å². The Morgan fingerprint density at radius 1 is 0.660 bits per heavy atom. The van der Waals surface area contributed by atoms with Gasteiger partial charge in [0, 0.05) is 38.8 Å². The highest BCUT2D eigenvalue weighted by molar-refractivity contribution is 6.15. The molecule has 3 amide bonds. The van der Waals surface area contributed by atoms with Crippen LogP contribution in [0.15, 0.2) is 125 Å². The highest BCUT2D eigenvalue weighted by Crippen LogP contribution is 2.41. The molecule has 0 radical (unpaired) electrons. The molecule has 0 saturated heterocycles. The van der Waals surface area contributed by atoms with E-state index in [1.54, 1.807) is 48.5 Å². The number of fused-ring (bicyclic) bond motifs is 2. The number of amides is 3. The molecular weight excluding hydrogens is 630 g/mol. The van der Waals surface area contributed by atoms with E-state index in [-0.39, 0.29) is 28.8 Å². The Kier molecular flexibility index (Phi) is 9.27. The molecule has 0 spiro atoms. The van der Waals surface area contributed by atoms with Crippen molar-refractivity contribution >= 4 is 62.0 Å². The number of aromatic hydroxyl groups is 1. The van der Waals surface area contributed by atoms with E-state index in [0.717, 1.165) is 10.8 Å². The molecule has 0 saturated carbocycles. The summed E-state index contributed by atoms with van der Waals surface area (Å²) in [5, 5.41) is 31.8. The zero-order valence-corrected chi connectivity index (χ0v) is 27.9. The zero-order chi connectivity index (χ0) is 35.4. The predicted octanol–water partition coefficient (Wildman–Crippen LogP) is 9.16. The number of hydrogen-bond donors (Lipinski definition) is 4. The number of benzene rings is 6. The Hall–Kier alpha value is -6.55. The van der Waals surface area contributed by atoms with Crippen molar-refractivity contribution in [2.45, 2.75) is 26.3 Å². The number of rotatable bonds is 8. The summed E-state index contributed by atoms with van der Waals surface area (Å²) in [6.45, 7) is 5.65. The molecule has 6 aromatic rings. The molecule has 50 heavy (non-hydrogen) atoms. The first-order valence-corrected chi connectivity index (χ1v) is 15.9. The van der Waals surface area contributed by atoms with Gasteiger partial charge in [-0.05, 0) is 86.1 Å². The molecule has 0 heterocycles. The number of carbonyl (C=O) groups excluding carboxylic acids is 3. The van der Waals surface area contributed by atoms with Crippen LogP contribution < -0.4 is 20.7 Å². The van der Waals surface area contributed by atoms with Crippen LogP contribution in [0.3, 0.4) is 0 Å². The maximum atomic E-state index is 13.8. The van der Waals surface area contributed by atoms with E-state index in [4.69, 9.17) is 4.74 Å². The lowest BCUT2D eigenvalue weighted by Gasteiger charge is -2.20. The number of ether oxygens (including phenoxy) is 1. The van der Waals surface area contributed by atoms with E-state index in [9.17, 15) is 19.5 Å². The fourth-order valence-electron chi connectivity index (χ4n) is 5.47. The molecule has 10 nitrogen and oxygen atoms in total. The molecule has 10 heteroatoms. The number of para-hydroxylation sites is 1. The Balaban J connectivity index is 1.43. The first kappa shape index (κ1) is 33.4. The lowest BCUT2D eigenvalue weighted by molar-refractivity contribution is 0.0918. The molecule has 0 aliphatic rings. The lowest BCUT2D eigenvalue weighted by atomic mass is 9.99. The van der Waals surface area contributed by atoms with Crippen molar-refractivity contribution in [1.82, 2.24) is 5.32 Å². The zero-order valence-electron chi connectivity index (χ0n) is 27.9. The lowest BCUT2D eigenvalue weighted by Crippen LogP contribution is -2.40. The highest BCUT2D eigenvalue weighted by atomic mass is 16.5. The van der Waals surface area contributed by atoms with Gasteiger partial charge in [-0.2, -0.15) is 0 Å². The van der Waals surface area contributed by atoms with Gasteiger partial charge in [-0.15, -0.1) is 10.2 Å². The minimum atomic E-state index is -0.584. The molecule has 6 aromatic carbocycles. The van der Waals surface area contributed by atoms with Crippen LogP contribution in [0.5, 0.6) is 11.5 Å². The van der Waals surface area contributed by atoms with Crippen molar-refractivity contribution in [2.24, 2.45) is 10.2 Å². The summed E-state index contributed by atoms with van der Waals surface area (Å²) in [6.07, 6.45) is 0. The quantitative estimate of drug-likeness (QED) is 0.120. The van der Waals surface area contributed by atoms with Gasteiger partial charge in [0.15, 0.2) is 5.75 Å². The summed E-state index contributed by atoms with van der Waals surface area (Å²) in [7, 11) is 1.47. The standard InChI is InChI=1S/C40H35N5O5/c1-40(2,3)43-38(48)25-17-19-30-27(21-25)22-31(39(49)42-32-16-10-12-24-11-8-9-15-29(24)32)36(46)35(30)45-44-33-23-26(18-20-34(33)50-4)37(47)41-28-13-6-5-7-14-28/h5-23,46H,1-4H3,(H,41,47)(H,42,49)(H,43,48). The summed E-state index contributed by atoms with van der Waals surface area (Å²) >= 11 is 0. The smallest absolute Gasteiger partial charge is 0.259 e. The minimum absolute atomic E-state index is 0.00505. The van der Waals surface area contributed by atoms with Crippen molar-refractivity contribution < 1.29 is 24.2 Å². The first-order valence-electron chi connectivity index (χ1n) is 15.9. The van der Waals surface area contributed by atoms with Crippen LogP contribution in [0.4, 0.5) is 22.7 Å². The summed E-state index contributed by atoms with van der Waals surface area (Å²) in [5.41, 5.74) is 1.51. The normalized spacial score (nSPS) is 11.4. The van der Waals surface area contributed by atoms with Gasteiger partial charge in [0.1, 0.15) is 17.1 Å². The molecule has 6 rings (SSSR count). The second-order valence-corrected chi connectivity index (χ2v) is 12.6. The second kappa shape index (κ2) is 13.9. The number of nitrogens with one attached hydrogen (secondary N) is 3. The van der Waals surface area contributed by atoms with Gasteiger partial charge < -0.3 is 25.8 Å². The van der Waals surface area contributed by atoms with E-state index in [1.165, 1.54) is 19.2 Å². The van der Waals surface area contributed by atoms with Gasteiger partial charge in [-0.1, -0.05) is 60.7 Å². The third-order valence-electron chi connectivity index (χ3n) is 7.85. The van der Waals surface area contributed by atoms with Crippen LogP contribution in [0.2, 0.25) is 0 Å². The van der Waals surface area contributed by atoms with E-state index in [2.05, 4.69) is 26.2 Å². The van der Waals surface area contributed by atoms with E-state index >= 15 is 0 Å². The number of carbonyl (C=O) groups is 3. The summed E-state index contributed by atoms with van der Waals surface area (Å²) in [6, 6.07) is 33.4. The van der Waals surface area contributed by atoms with Gasteiger partial charge >= 0.3 is 0 Å². The van der Waals surface area contributed by atoms with E-state index < -0.39 is 17.2 Å². The number of azo groups is 1. The van der Waals surface area contributed by atoms with Gasteiger partial charge in [0.25, 0.3) is 17.7 Å².